The van der Waals surface area contributed by atoms with Crippen molar-refractivity contribution in [2.75, 3.05) is 4.90 Å². The van der Waals surface area contributed by atoms with Crippen LogP contribution < -0.4 is 4.90 Å². The highest BCUT2D eigenvalue weighted by molar-refractivity contribution is 7.13. The maximum Gasteiger partial charge on any atom is 0.227 e. The standard InChI is InChI=1S/C22H23N3OS/c1-14(2)25-20(26)6-4-5-17-15(3)7-8-18(21(17)25)19-13-27-22(24-19)16-9-11-23-12-10-16/h7-14H,4-6H2,1-3H3. The molecule has 0 fully saturated rings. The Balaban J connectivity index is 1.88. The maximum atomic E-state index is 12.8. The van der Waals surface area contributed by atoms with Crippen LogP contribution in [0.1, 0.15) is 37.8 Å². The smallest absolute Gasteiger partial charge is 0.227 e. The van der Waals surface area contributed by atoms with E-state index in [1.165, 1.54) is 11.1 Å². The first kappa shape index (κ1) is 17.9. The summed E-state index contributed by atoms with van der Waals surface area (Å²) in [4.78, 5) is 23.8. The second kappa shape index (κ2) is 7.24. The Bertz CT molecular complexity index is 978. The molecule has 138 valence electrons. The Morgan fingerprint density at radius 3 is 2.63 bits per heavy atom. The number of thiazole rings is 1. The summed E-state index contributed by atoms with van der Waals surface area (Å²) in [6.07, 6.45) is 6.01. The van der Waals surface area contributed by atoms with Gasteiger partial charge in [0.25, 0.3) is 0 Å². The highest BCUT2D eigenvalue weighted by Gasteiger charge is 2.29. The lowest BCUT2D eigenvalue weighted by atomic mass is 9.96. The third-order valence-corrected chi connectivity index (χ3v) is 5.96. The summed E-state index contributed by atoms with van der Waals surface area (Å²) in [6.45, 7) is 6.31. The quantitative estimate of drug-likeness (QED) is 0.625. The molecule has 0 bridgehead atoms. The number of hydrogen-bond donors (Lipinski definition) is 0. The lowest BCUT2D eigenvalue weighted by Gasteiger charge is -2.29. The fraction of sp³-hybridized carbons (Fsp3) is 0.318. The highest BCUT2D eigenvalue weighted by Crippen LogP contribution is 2.41. The van der Waals surface area contributed by atoms with E-state index in [-0.39, 0.29) is 11.9 Å². The number of anilines is 1. The van der Waals surface area contributed by atoms with Gasteiger partial charge in [0.15, 0.2) is 0 Å². The Morgan fingerprint density at radius 1 is 1.11 bits per heavy atom. The highest BCUT2D eigenvalue weighted by atomic mass is 32.1. The minimum absolute atomic E-state index is 0.119. The molecule has 0 saturated carbocycles. The van der Waals surface area contributed by atoms with Crippen LogP contribution in [-0.2, 0) is 11.2 Å². The summed E-state index contributed by atoms with van der Waals surface area (Å²) in [5, 5.41) is 3.06. The van der Waals surface area contributed by atoms with E-state index in [0.29, 0.717) is 6.42 Å². The van der Waals surface area contributed by atoms with E-state index in [1.54, 1.807) is 23.7 Å². The van der Waals surface area contributed by atoms with E-state index in [9.17, 15) is 4.79 Å². The second-order valence-corrected chi connectivity index (χ2v) is 8.10. The number of aryl methyl sites for hydroxylation is 1. The van der Waals surface area contributed by atoms with Crippen LogP contribution >= 0.6 is 11.3 Å². The zero-order chi connectivity index (χ0) is 19.0. The van der Waals surface area contributed by atoms with Crippen molar-refractivity contribution in [3.8, 4) is 21.8 Å². The van der Waals surface area contributed by atoms with Gasteiger partial charge in [0.05, 0.1) is 11.4 Å². The van der Waals surface area contributed by atoms with Crippen molar-refractivity contribution in [3.63, 3.8) is 0 Å². The van der Waals surface area contributed by atoms with E-state index in [0.717, 1.165) is 40.4 Å². The molecule has 3 aromatic rings. The Labute approximate surface area is 163 Å². The molecule has 0 N–H and O–H groups in total. The van der Waals surface area contributed by atoms with Crippen LogP contribution in [0.5, 0.6) is 0 Å². The number of carbonyl (C=O) groups excluding carboxylic acids is 1. The van der Waals surface area contributed by atoms with Gasteiger partial charge in [-0.25, -0.2) is 4.98 Å². The minimum atomic E-state index is 0.119. The van der Waals surface area contributed by atoms with Crippen molar-refractivity contribution in [3.05, 3.63) is 53.2 Å². The maximum absolute atomic E-state index is 12.8. The van der Waals surface area contributed by atoms with Gasteiger partial charge >= 0.3 is 0 Å². The molecule has 1 aromatic carbocycles. The fourth-order valence-electron chi connectivity index (χ4n) is 3.77. The lowest BCUT2D eigenvalue weighted by Crippen LogP contribution is -2.37. The van der Waals surface area contributed by atoms with Gasteiger partial charge in [-0.05, 0) is 56.9 Å². The van der Waals surface area contributed by atoms with Gasteiger partial charge in [-0.2, -0.15) is 0 Å². The molecule has 2 aromatic heterocycles. The van der Waals surface area contributed by atoms with Crippen LogP contribution in [0, 0.1) is 6.92 Å². The third-order valence-electron chi connectivity index (χ3n) is 5.07. The van der Waals surface area contributed by atoms with Crippen molar-refractivity contribution < 1.29 is 4.79 Å². The second-order valence-electron chi connectivity index (χ2n) is 7.24. The normalized spacial score (nSPS) is 14.4. The van der Waals surface area contributed by atoms with Gasteiger partial charge in [0, 0.05) is 41.4 Å². The molecular weight excluding hydrogens is 354 g/mol. The summed E-state index contributed by atoms with van der Waals surface area (Å²) < 4.78 is 0. The lowest BCUT2D eigenvalue weighted by molar-refractivity contribution is -0.118. The van der Waals surface area contributed by atoms with Crippen molar-refractivity contribution in [1.82, 2.24) is 9.97 Å². The van der Waals surface area contributed by atoms with E-state index in [4.69, 9.17) is 4.98 Å². The molecule has 0 spiro atoms. The largest absolute Gasteiger partial charge is 0.309 e. The molecule has 0 radical (unpaired) electrons. The zero-order valence-corrected chi connectivity index (χ0v) is 16.7. The van der Waals surface area contributed by atoms with Gasteiger partial charge in [-0.1, -0.05) is 12.1 Å². The first-order chi connectivity index (χ1) is 13.1. The first-order valence-electron chi connectivity index (χ1n) is 9.37. The Kier molecular flexibility index (Phi) is 4.79. The number of amides is 1. The van der Waals surface area contributed by atoms with E-state index in [1.807, 2.05) is 17.0 Å². The molecule has 0 aliphatic carbocycles. The molecule has 27 heavy (non-hydrogen) atoms. The molecule has 1 aliphatic rings. The molecule has 1 amide bonds. The van der Waals surface area contributed by atoms with Crippen LogP contribution in [0.25, 0.3) is 21.8 Å². The van der Waals surface area contributed by atoms with E-state index in [2.05, 4.69) is 43.3 Å². The Morgan fingerprint density at radius 2 is 1.89 bits per heavy atom. The predicted octanol–water partition coefficient (Wildman–Crippen LogP) is 5.26. The van der Waals surface area contributed by atoms with Crippen molar-refractivity contribution >= 4 is 22.9 Å². The van der Waals surface area contributed by atoms with Gasteiger partial charge in [0.1, 0.15) is 5.01 Å². The summed E-state index contributed by atoms with van der Waals surface area (Å²) >= 11 is 1.63. The topological polar surface area (TPSA) is 46.1 Å². The SMILES string of the molecule is Cc1ccc(-c2csc(-c3ccncc3)n2)c2c1CCCC(=O)N2C(C)C. The average molecular weight is 378 g/mol. The minimum Gasteiger partial charge on any atom is -0.309 e. The molecule has 0 unspecified atom stereocenters. The van der Waals surface area contributed by atoms with Crippen molar-refractivity contribution in [2.45, 2.75) is 46.1 Å². The molecular formula is C22H23N3OS. The van der Waals surface area contributed by atoms with E-state index >= 15 is 0 Å². The summed E-state index contributed by atoms with van der Waals surface area (Å²) in [5.74, 6) is 0.209. The number of carbonyl (C=O) groups is 1. The molecule has 4 rings (SSSR count). The Hall–Kier alpha value is -2.53. The molecule has 0 saturated heterocycles. The van der Waals surface area contributed by atoms with Crippen LogP contribution in [0.2, 0.25) is 0 Å². The summed E-state index contributed by atoms with van der Waals surface area (Å²) in [6, 6.07) is 8.35. The summed E-state index contributed by atoms with van der Waals surface area (Å²) in [7, 11) is 0. The monoisotopic (exact) mass is 377 g/mol. The number of nitrogens with zero attached hydrogens (tertiary/aromatic N) is 3. The van der Waals surface area contributed by atoms with Crippen LogP contribution in [0.3, 0.4) is 0 Å². The van der Waals surface area contributed by atoms with Crippen LogP contribution in [-0.4, -0.2) is 21.9 Å². The predicted molar refractivity (Wildman–Crippen MR) is 111 cm³/mol. The van der Waals surface area contributed by atoms with Crippen molar-refractivity contribution in [1.29, 1.82) is 0 Å². The number of rotatable bonds is 3. The van der Waals surface area contributed by atoms with E-state index < -0.39 is 0 Å². The first-order valence-corrected chi connectivity index (χ1v) is 10.2. The van der Waals surface area contributed by atoms with Gasteiger partial charge in [-0.3, -0.25) is 9.78 Å². The zero-order valence-electron chi connectivity index (χ0n) is 15.9. The van der Waals surface area contributed by atoms with Gasteiger partial charge in [-0.15, -0.1) is 11.3 Å². The number of aromatic nitrogens is 2. The average Bonchev–Trinajstić information content (AvgIpc) is 3.07. The van der Waals surface area contributed by atoms with Crippen molar-refractivity contribution in [2.24, 2.45) is 0 Å². The third kappa shape index (κ3) is 3.28. The van der Waals surface area contributed by atoms with Gasteiger partial charge in [0.2, 0.25) is 5.91 Å². The number of hydrogen-bond acceptors (Lipinski definition) is 4. The molecule has 4 nitrogen and oxygen atoms in total. The number of benzene rings is 1. The molecule has 5 heteroatoms. The van der Waals surface area contributed by atoms with Crippen LogP contribution in [0.4, 0.5) is 5.69 Å². The molecule has 1 aliphatic heterocycles. The molecule has 3 heterocycles. The van der Waals surface area contributed by atoms with Crippen LogP contribution in [0.15, 0.2) is 42.0 Å². The molecule has 0 atom stereocenters. The number of pyridine rings is 1. The fourth-order valence-corrected chi connectivity index (χ4v) is 4.59. The summed E-state index contributed by atoms with van der Waals surface area (Å²) in [5.41, 5.74) is 6.64. The number of fused-ring (bicyclic) bond motifs is 1. The van der Waals surface area contributed by atoms with Gasteiger partial charge < -0.3 is 4.90 Å².